The Kier molecular flexibility index (Phi) is 19.8. The predicted octanol–water partition coefficient (Wildman–Crippen LogP) is 13.1. The molecule has 0 saturated heterocycles. The van der Waals surface area contributed by atoms with E-state index in [4.69, 9.17) is 18.7 Å². The van der Waals surface area contributed by atoms with Crippen molar-refractivity contribution >= 4 is 83.0 Å². The quantitative estimate of drug-likeness (QED) is 0.0795. The number of methoxy groups -OCH3 is 3. The molecule has 4 heterocycles. The maximum absolute atomic E-state index is 13.9. The van der Waals surface area contributed by atoms with Crippen LogP contribution in [-0.2, 0) is 42.9 Å². The third-order valence-electron chi connectivity index (χ3n) is 14.2. The van der Waals surface area contributed by atoms with E-state index in [1.165, 1.54) is 124 Å². The molecule has 17 nitrogen and oxygen atoms in total. The summed E-state index contributed by atoms with van der Waals surface area (Å²) in [6, 6.07) is 31.8. The fraction of sp³-hybridized carbons (Fsp3) is 0.259. The van der Waals surface area contributed by atoms with Crippen LogP contribution in [0.15, 0.2) is 167 Å². The fourth-order valence-electron chi connectivity index (χ4n) is 9.47. The van der Waals surface area contributed by atoms with Gasteiger partial charge in [-0.1, -0.05) is 51.2 Å². The van der Waals surface area contributed by atoms with Gasteiger partial charge in [0.25, 0.3) is 31.2 Å². The number of hydrogen-bond acceptors (Lipinski definition) is 13. The first-order valence-electron chi connectivity index (χ1n) is 25.6. The van der Waals surface area contributed by atoms with Crippen molar-refractivity contribution in [3.8, 4) is 28.6 Å². The number of aromatic nitrogens is 4. The van der Waals surface area contributed by atoms with Gasteiger partial charge in [-0.2, -0.15) is 26.0 Å². The Bertz CT molecular complexity index is 4100. The second-order valence-electron chi connectivity index (χ2n) is 19.6. The molecule has 0 atom stereocenters. The van der Waals surface area contributed by atoms with Gasteiger partial charge in [-0.05, 0) is 140 Å². The summed E-state index contributed by atoms with van der Waals surface area (Å²) < 4.78 is 126. The Morgan fingerprint density at radius 3 is 1.76 bits per heavy atom. The van der Waals surface area contributed by atoms with E-state index in [-0.39, 0.29) is 57.8 Å². The van der Waals surface area contributed by atoms with E-state index in [2.05, 4.69) is 62.5 Å². The second kappa shape index (κ2) is 26.4. The van der Waals surface area contributed by atoms with Crippen LogP contribution in [-0.4, -0.2) is 63.8 Å². The number of aryl methyl sites for hydroxylation is 2. The van der Waals surface area contributed by atoms with Gasteiger partial charge in [0.1, 0.15) is 29.8 Å². The molecular weight excluding hydrogens is 1300 g/mol. The molecule has 0 spiro atoms. The normalized spacial score (nSPS) is 15.0. The first kappa shape index (κ1) is 62.3. The van der Waals surface area contributed by atoms with Crippen molar-refractivity contribution in [3.05, 3.63) is 188 Å². The van der Waals surface area contributed by atoms with Gasteiger partial charge >= 0.3 is 36.1 Å². The molecule has 11 rings (SSSR count). The zero-order valence-corrected chi connectivity index (χ0v) is 53.5. The fourth-order valence-corrected chi connectivity index (χ4v) is 12.3. The monoisotopic (exact) mass is 1350 g/mol. The first-order chi connectivity index (χ1) is 39.6. The van der Waals surface area contributed by atoms with Crippen LogP contribution in [0.4, 0.5) is 24.8 Å². The summed E-state index contributed by atoms with van der Waals surface area (Å²) in [7, 11) is -3.54. The van der Waals surface area contributed by atoms with Crippen molar-refractivity contribution in [3.63, 3.8) is 0 Å². The van der Waals surface area contributed by atoms with Crippen LogP contribution in [0.5, 0.6) is 17.2 Å². The van der Waals surface area contributed by atoms with Gasteiger partial charge in [-0.15, -0.1) is 0 Å². The number of nitrogens with one attached hydrogen (secondary N) is 1. The standard InChI is InChI=1S/C28H24BrN3O6S.C25H22F3N3O5S.C5H9.BrH.Zn/c1-18-14-25(26(37-3)16-23(18)29)32-24-10-9-22(15-20(24)6-11-28(32)33)39(34,35)31(27-12-13-38-30-27)17-19-4-7-21(36-2)8-5-19;1-14-9-21(22(35-2)13-19(14)16-10-17(11-16)25(26,27)28)31-20-5-4-18(12-15(20)3-6-24(31)32)37(33,34)30-23-7-8-36-29-23;1-5-3-2-4-5;;/h4-16H,17H2,1-3H3;3-9,12-13,16-17H,10-11H2,1-2H3,(H,29,30);2,5H,3-4H2,1H3;1H;/q;;-1;;+2/p-1. The molecule has 432 valence electrons. The van der Waals surface area contributed by atoms with Crippen LogP contribution in [0.1, 0.15) is 60.8 Å². The van der Waals surface area contributed by atoms with Gasteiger partial charge < -0.3 is 29.7 Å². The Balaban J connectivity index is 0.000000195. The summed E-state index contributed by atoms with van der Waals surface area (Å²) in [6.07, 6.45) is 3.42. The molecule has 25 heteroatoms. The molecule has 4 aromatic heterocycles. The van der Waals surface area contributed by atoms with E-state index in [9.17, 15) is 39.6 Å². The van der Waals surface area contributed by atoms with Crippen LogP contribution in [0.3, 0.4) is 0 Å². The van der Waals surface area contributed by atoms with Crippen molar-refractivity contribution < 1.29 is 69.6 Å². The minimum absolute atomic E-state index is 0.0146. The SMILES string of the molecule is CC1C[CH-]C1.COc1cc(C2CC(C(F)(F)F)C2)c(C)cc1-n1c(=O)ccc2cc(S(=O)(=O)Nc3ccon3)ccc21.COc1ccc(CN(c2ccon2)S(=O)(=O)c2ccc3c(ccc(=O)n3-c3cc(C)c(Br)cc3OC)c2)cc1.[Zn+][Br]. The number of alkyl halides is 3. The van der Waals surface area contributed by atoms with Crippen molar-refractivity contribution in [2.24, 2.45) is 11.8 Å². The van der Waals surface area contributed by atoms with Gasteiger partial charge in [0, 0.05) is 39.5 Å². The number of halogens is 5. The minimum atomic E-state index is -4.21. The molecule has 0 aliphatic heterocycles. The van der Waals surface area contributed by atoms with E-state index in [1.54, 1.807) is 74.7 Å². The van der Waals surface area contributed by atoms with E-state index in [1.807, 2.05) is 13.0 Å². The van der Waals surface area contributed by atoms with Gasteiger partial charge in [0.2, 0.25) is 0 Å². The summed E-state index contributed by atoms with van der Waals surface area (Å²) in [4.78, 5) is 26.0. The number of pyridine rings is 2. The molecule has 2 saturated carbocycles. The number of rotatable bonds is 14. The van der Waals surface area contributed by atoms with Crippen LogP contribution in [0.2, 0.25) is 0 Å². The molecule has 5 aromatic carbocycles. The van der Waals surface area contributed by atoms with Crippen molar-refractivity contribution in [1.82, 2.24) is 19.4 Å². The third-order valence-corrected chi connectivity index (χ3v) is 18.1. The molecule has 2 aliphatic carbocycles. The summed E-state index contributed by atoms with van der Waals surface area (Å²) in [5, 5.41) is 8.46. The molecule has 9 aromatic rings. The van der Waals surface area contributed by atoms with Crippen LogP contribution in [0, 0.1) is 32.1 Å². The molecule has 1 N–H and O–H groups in total. The zero-order chi connectivity index (χ0) is 60.0. The number of nitrogens with zero attached hydrogens (tertiary/aromatic N) is 5. The number of ether oxygens (including phenoxy) is 3. The number of fused-ring (bicyclic) bond motifs is 2. The van der Waals surface area contributed by atoms with Crippen molar-refractivity contribution in [1.29, 1.82) is 0 Å². The Hall–Kier alpha value is -6.79. The number of hydrogen-bond donors (Lipinski definition) is 1. The topological polar surface area (TPSA) is 207 Å². The Morgan fingerprint density at radius 2 is 1.25 bits per heavy atom. The van der Waals surface area contributed by atoms with E-state index in [0.717, 1.165) is 32.6 Å². The van der Waals surface area contributed by atoms with Gasteiger partial charge in [0.15, 0.2) is 11.6 Å². The summed E-state index contributed by atoms with van der Waals surface area (Å²) in [5.74, 6) is 1.11. The van der Waals surface area contributed by atoms with Gasteiger partial charge in [-0.3, -0.25) is 23.4 Å². The zero-order valence-electron chi connectivity index (χ0n) is 45.7. The third kappa shape index (κ3) is 13.9. The van der Waals surface area contributed by atoms with Crippen molar-refractivity contribution in [2.75, 3.05) is 30.4 Å². The summed E-state index contributed by atoms with van der Waals surface area (Å²) in [6.45, 7) is 6.00. The Labute approximate surface area is 502 Å². The second-order valence-corrected chi connectivity index (χ2v) is 24.0. The van der Waals surface area contributed by atoms with Gasteiger partial charge in [-0.25, -0.2) is 21.1 Å². The number of anilines is 2. The Morgan fingerprint density at radius 1 is 0.711 bits per heavy atom. The van der Waals surface area contributed by atoms with Crippen LogP contribution >= 0.6 is 29.6 Å². The maximum atomic E-state index is 13.9. The summed E-state index contributed by atoms with van der Waals surface area (Å²) in [5.41, 5.74) is 4.39. The van der Waals surface area contributed by atoms with Gasteiger partial charge in [0.05, 0.1) is 66.0 Å². The van der Waals surface area contributed by atoms with Crippen LogP contribution in [0.25, 0.3) is 33.2 Å². The molecule has 0 bridgehead atoms. The molecule has 83 heavy (non-hydrogen) atoms. The predicted molar refractivity (Wildman–Crippen MR) is 313 cm³/mol. The molecule has 0 unspecified atom stereocenters. The average molecular weight is 1360 g/mol. The van der Waals surface area contributed by atoms with E-state index >= 15 is 0 Å². The molecule has 2 fully saturated rings. The van der Waals surface area contributed by atoms with Crippen molar-refractivity contribution in [2.45, 2.75) is 74.9 Å². The van der Waals surface area contributed by atoms with Crippen LogP contribution < -0.4 is 34.4 Å². The van der Waals surface area contributed by atoms with E-state index in [0.29, 0.717) is 50.4 Å². The molecule has 0 radical (unpaired) electrons. The molecular formula is C58H55Br2F3N6O11S2Zn. The number of benzene rings is 5. The number of sulfonamides is 2. The summed E-state index contributed by atoms with van der Waals surface area (Å²) >= 11 is 7.75. The van der Waals surface area contributed by atoms with E-state index < -0.39 is 32.1 Å². The first-order valence-corrected chi connectivity index (χ1v) is 36.3. The average Bonchev–Trinajstić information content (AvgIpc) is 2.89. The molecule has 0 amide bonds. The molecule has 2 aliphatic rings.